The summed E-state index contributed by atoms with van der Waals surface area (Å²) in [5.74, 6) is 0.232. The van der Waals surface area contributed by atoms with E-state index in [2.05, 4.69) is 32.7 Å². The molecule has 0 bridgehead atoms. The van der Waals surface area contributed by atoms with Crippen LogP contribution in [0.2, 0.25) is 0 Å². The Labute approximate surface area is 151 Å². The lowest BCUT2D eigenvalue weighted by Gasteiger charge is -2.36. The lowest BCUT2D eigenvalue weighted by atomic mass is 10.2. The predicted octanol–water partition coefficient (Wildman–Crippen LogP) is 1.20. The van der Waals surface area contributed by atoms with Gasteiger partial charge in [0.15, 0.2) is 5.82 Å². The predicted molar refractivity (Wildman–Crippen MR) is 95.9 cm³/mol. The number of benzene rings is 1. The van der Waals surface area contributed by atoms with E-state index >= 15 is 0 Å². The third-order valence-corrected chi connectivity index (χ3v) is 4.10. The Bertz CT molecular complexity index is 740. The van der Waals surface area contributed by atoms with Crippen molar-refractivity contribution >= 4 is 23.5 Å². The fourth-order valence-corrected chi connectivity index (χ4v) is 2.80. The first kappa shape index (κ1) is 17.7. The van der Waals surface area contributed by atoms with Crippen LogP contribution >= 0.6 is 0 Å². The van der Waals surface area contributed by atoms with E-state index in [1.165, 1.54) is 16.6 Å². The fourth-order valence-electron chi connectivity index (χ4n) is 2.80. The molecule has 1 aliphatic heterocycles. The molecule has 0 aliphatic carbocycles. The lowest BCUT2D eigenvalue weighted by molar-refractivity contribution is -0.132. The molecule has 1 aromatic carbocycles. The number of aromatic nitrogens is 3. The van der Waals surface area contributed by atoms with E-state index in [1.807, 2.05) is 23.1 Å². The van der Waals surface area contributed by atoms with Gasteiger partial charge in [-0.3, -0.25) is 10.1 Å². The van der Waals surface area contributed by atoms with E-state index in [0.29, 0.717) is 13.1 Å². The highest BCUT2D eigenvalue weighted by atomic mass is 16.5. The number of amides is 2. The molecule has 2 heterocycles. The Morgan fingerprint density at radius 3 is 2.58 bits per heavy atom. The van der Waals surface area contributed by atoms with Crippen molar-refractivity contribution in [2.45, 2.75) is 13.5 Å². The summed E-state index contributed by atoms with van der Waals surface area (Å²) in [7, 11) is 0. The van der Waals surface area contributed by atoms with Crippen LogP contribution in [0.4, 0.5) is 16.3 Å². The summed E-state index contributed by atoms with van der Waals surface area (Å²) in [6, 6.07) is 10.2. The van der Waals surface area contributed by atoms with Crippen molar-refractivity contribution in [3.05, 3.63) is 36.5 Å². The molecule has 1 fully saturated rings. The molecule has 0 atom stereocenters. The quantitative estimate of drug-likeness (QED) is 0.863. The van der Waals surface area contributed by atoms with Gasteiger partial charge in [0.2, 0.25) is 5.91 Å². The summed E-state index contributed by atoms with van der Waals surface area (Å²) in [6.45, 7) is 4.99. The summed E-state index contributed by atoms with van der Waals surface area (Å²) in [6.07, 6.45) is 0.914. The number of ether oxygens (including phenoxy) is 1. The third kappa shape index (κ3) is 4.50. The van der Waals surface area contributed by atoms with Crippen LogP contribution in [-0.4, -0.2) is 64.7 Å². The van der Waals surface area contributed by atoms with Crippen LogP contribution in [0.25, 0.3) is 0 Å². The lowest BCUT2D eigenvalue weighted by Crippen LogP contribution is -2.49. The average Bonchev–Trinajstić information content (AvgIpc) is 3.09. The second-order valence-corrected chi connectivity index (χ2v) is 5.85. The van der Waals surface area contributed by atoms with Crippen LogP contribution in [0.5, 0.6) is 0 Å². The Morgan fingerprint density at radius 2 is 1.88 bits per heavy atom. The number of carbonyl (C=O) groups is 2. The van der Waals surface area contributed by atoms with Gasteiger partial charge in [-0.05, 0) is 19.1 Å². The van der Waals surface area contributed by atoms with Crippen molar-refractivity contribution in [3.8, 4) is 0 Å². The molecule has 1 saturated heterocycles. The number of rotatable bonds is 5. The third-order valence-electron chi connectivity index (χ3n) is 4.10. The van der Waals surface area contributed by atoms with Crippen molar-refractivity contribution in [1.82, 2.24) is 19.9 Å². The molecular weight excluding hydrogens is 336 g/mol. The maximum atomic E-state index is 12.5. The van der Waals surface area contributed by atoms with Crippen molar-refractivity contribution in [1.29, 1.82) is 0 Å². The number of anilines is 2. The molecule has 3 rings (SSSR count). The molecular formula is C17H22N6O3. The van der Waals surface area contributed by atoms with Gasteiger partial charge in [-0.2, -0.15) is 0 Å². The normalized spacial score (nSPS) is 14.2. The molecule has 1 aromatic heterocycles. The summed E-state index contributed by atoms with van der Waals surface area (Å²) in [4.78, 5) is 27.9. The van der Waals surface area contributed by atoms with Crippen LogP contribution < -0.4 is 10.2 Å². The highest BCUT2D eigenvalue weighted by Crippen LogP contribution is 2.15. The maximum absolute atomic E-state index is 12.5. The molecule has 0 unspecified atom stereocenters. The molecule has 0 saturated carbocycles. The van der Waals surface area contributed by atoms with Gasteiger partial charge in [-0.1, -0.05) is 23.4 Å². The van der Waals surface area contributed by atoms with Gasteiger partial charge in [0, 0.05) is 31.9 Å². The molecule has 138 valence electrons. The van der Waals surface area contributed by atoms with Gasteiger partial charge in [0.1, 0.15) is 6.54 Å². The molecule has 0 spiro atoms. The van der Waals surface area contributed by atoms with Crippen molar-refractivity contribution < 1.29 is 14.3 Å². The van der Waals surface area contributed by atoms with Gasteiger partial charge < -0.3 is 14.5 Å². The minimum Gasteiger partial charge on any atom is -0.450 e. The smallest absolute Gasteiger partial charge is 0.412 e. The summed E-state index contributed by atoms with van der Waals surface area (Å²) in [5, 5.41) is 10.1. The Balaban J connectivity index is 1.49. The highest BCUT2D eigenvalue weighted by molar-refractivity contribution is 5.83. The van der Waals surface area contributed by atoms with Crippen LogP contribution in [0.15, 0.2) is 36.5 Å². The Kier molecular flexibility index (Phi) is 5.67. The summed E-state index contributed by atoms with van der Waals surface area (Å²) >= 11 is 0. The van der Waals surface area contributed by atoms with Crippen LogP contribution in [0.3, 0.4) is 0 Å². The number of piperazine rings is 1. The highest BCUT2D eigenvalue weighted by Gasteiger charge is 2.21. The number of nitrogens with zero attached hydrogens (tertiary/aromatic N) is 5. The monoisotopic (exact) mass is 358 g/mol. The average molecular weight is 358 g/mol. The first-order valence-corrected chi connectivity index (χ1v) is 8.57. The Hall–Kier alpha value is -3.10. The zero-order valence-corrected chi connectivity index (χ0v) is 14.7. The minimum atomic E-state index is -0.595. The second kappa shape index (κ2) is 8.32. The van der Waals surface area contributed by atoms with Crippen LogP contribution in [-0.2, 0) is 16.1 Å². The zero-order chi connectivity index (χ0) is 18.4. The van der Waals surface area contributed by atoms with E-state index in [1.54, 1.807) is 6.92 Å². The number of hydrogen-bond acceptors (Lipinski definition) is 6. The molecule has 9 nitrogen and oxygen atoms in total. The number of carbonyl (C=O) groups excluding carboxylic acids is 2. The number of hydrogen-bond donors (Lipinski definition) is 1. The zero-order valence-electron chi connectivity index (χ0n) is 14.7. The first-order valence-electron chi connectivity index (χ1n) is 8.57. The molecule has 26 heavy (non-hydrogen) atoms. The maximum Gasteiger partial charge on any atom is 0.412 e. The molecule has 1 N–H and O–H groups in total. The molecule has 2 aromatic rings. The molecule has 0 radical (unpaired) electrons. The largest absolute Gasteiger partial charge is 0.450 e. The van der Waals surface area contributed by atoms with Gasteiger partial charge in [-0.15, -0.1) is 5.10 Å². The van der Waals surface area contributed by atoms with Crippen LogP contribution in [0, 0.1) is 0 Å². The van der Waals surface area contributed by atoms with Crippen LogP contribution in [0.1, 0.15) is 6.92 Å². The molecule has 1 aliphatic rings. The molecule has 9 heteroatoms. The summed E-state index contributed by atoms with van der Waals surface area (Å²) < 4.78 is 6.18. The molecule has 2 amide bonds. The fraction of sp³-hybridized carbons (Fsp3) is 0.412. The number of para-hydroxylation sites is 1. The van der Waals surface area contributed by atoms with E-state index in [0.717, 1.165) is 13.1 Å². The summed E-state index contributed by atoms with van der Waals surface area (Å²) in [5.41, 5.74) is 1.17. The minimum absolute atomic E-state index is 0.0229. The SMILES string of the molecule is CCOC(=O)Nc1cn(CC(=O)N2CCN(c3ccccc3)CC2)nn1. The first-order chi connectivity index (χ1) is 12.7. The van der Waals surface area contributed by atoms with Gasteiger partial charge >= 0.3 is 6.09 Å². The van der Waals surface area contributed by atoms with E-state index in [9.17, 15) is 9.59 Å². The van der Waals surface area contributed by atoms with E-state index < -0.39 is 6.09 Å². The van der Waals surface area contributed by atoms with E-state index in [-0.39, 0.29) is 24.9 Å². The second-order valence-electron chi connectivity index (χ2n) is 5.85. The Morgan fingerprint density at radius 1 is 1.15 bits per heavy atom. The van der Waals surface area contributed by atoms with Gasteiger partial charge in [0.25, 0.3) is 0 Å². The van der Waals surface area contributed by atoms with Gasteiger partial charge in [-0.25, -0.2) is 9.48 Å². The van der Waals surface area contributed by atoms with Crippen molar-refractivity contribution in [2.75, 3.05) is 43.0 Å². The number of nitrogens with one attached hydrogen (secondary N) is 1. The van der Waals surface area contributed by atoms with Crippen molar-refractivity contribution in [3.63, 3.8) is 0 Å². The van der Waals surface area contributed by atoms with Crippen molar-refractivity contribution in [2.24, 2.45) is 0 Å². The van der Waals surface area contributed by atoms with Gasteiger partial charge in [0.05, 0.1) is 12.8 Å². The topological polar surface area (TPSA) is 92.6 Å². The standard InChI is InChI=1S/C17H22N6O3/c1-2-26-17(25)18-15-12-23(20-19-15)13-16(24)22-10-8-21(9-11-22)14-6-4-3-5-7-14/h3-7,12H,2,8-11,13H2,1H3,(H,18,25). The van der Waals surface area contributed by atoms with E-state index in [4.69, 9.17) is 4.74 Å².